The molecule has 4 rings (SSSR count). The zero-order valence-corrected chi connectivity index (χ0v) is 17.2. The molecule has 0 saturated carbocycles. The first-order valence-electron chi connectivity index (χ1n) is 9.50. The molecule has 1 saturated heterocycles. The fourth-order valence-electron chi connectivity index (χ4n) is 3.72. The van der Waals surface area contributed by atoms with Gasteiger partial charge in [-0.05, 0) is 32.0 Å². The van der Waals surface area contributed by atoms with Crippen molar-refractivity contribution in [1.29, 1.82) is 0 Å². The molecule has 30 heavy (non-hydrogen) atoms. The highest BCUT2D eigenvalue weighted by molar-refractivity contribution is 7.17. The van der Waals surface area contributed by atoms with Crippen molar-refractivity contribution in [2.75, 3.05) is 18.0 Å². The third kappa shape index (κ3) is 3.80. The number of morpholine rings is 1. The smallest absolute Gasteiger partial charge is 0.183 e. The molecule has 1 aliphatic rings. The van der Waals surface area contributed by atoms with E-state index >= 15 is 8.78 Å². The Hall–Kier alpha value is -2.49. The molecule has 0 aliphatic carbocycles. The average Bonchev–Trinajstić information content (AvgIpc) is 3.19. The maximum Gasteiger partial charge on any atom is 0.183 e. The van der Waals surface area contributed by atoms with Gasteiger partial charge in [0, 0.05) is 24.2 Å². The van der Waals surface area contributed by atoms with E-state index < -0.39 is 24.1 Å². The van der Waals surface area contributed by atoms with Crippen LogP contribution < -0.4 is 4.90 Å². The van der Waals surface area contributed by atoms with Gasteiger partial charge in [0.2, 0.25) is 0 Å². The number of hydrogen-bond acceptors (Lipinski definition) is 6. The molecule has 2 heterocycles. The number of rotatable bonds is 4. The molecule has 1 aliphatic heterocycles. The van der Waals surface area contributed by atoms with Crippen molar-refractivity contribution in [3.8, 4) is 21.1 Å². The number of anilines is 1. The van der Waals surface area contributed by atoms with Gasteiger partial charge in [0.15, 0.2) is 21.6 Å². The van der Waals surface area contributed by atoms with E-state index in [0.29, 0.717) is 13.1 Å². The van der Waals surface area contributed by atoms with Gasteiger partial charge in [-0.2, -0.15) is 0 Å². The summed E-state index contributed by atoms with van der Waals surface area (Å²) in [6, 6.07) is 7.42. The Labute approximate surface area is 175 Å². The first kappa shape index (κ1) is 20.8. The van der Waals surface area contributed by atoms with Crippen molar-refractivity contribution in [2.45, 2.75) is 32.7 Å². The minimum Gasteiger partial charge on any atom is -0.392 e. The van der Waals surface area contributed by atoms with Crippen molar-refractivity contribution >= 4 is 17.0 Å². The summed E-state index contributed by atoms with van der Waals surface area (Å²) < 4.78 is 49.9. The maximum atomic E-state index is 15.2. The van der Waals surface area contributed by atoms with Crippen LogP contribution in [0.1, 0.15) is 19.4 Å². The average molecular weight is 435 g/mol. The van der Waals surface area contributed by atoms with Gasteiger partial charge >= 0.3 is 0 Å². The fourth-order valence-corrected chi connectivity index (χ4v) is 4.60. The van der Waals surface area contributed by atoms with Gasteiger partial charge in [0.1, 0.15) is 5.82 Å². The van der Waals surface area contributed by atoms with Crippen LogP contribution in [0.3, 0.4) is 0 Å². The fraction of sp³-hybridized carbons (Fsp3) is 0.333. The first-order chi connectivity index (χ1) is 14.4. The number of aromatic nitrogens is 2. The number of nitrogens with zero attached hydrogens (tertiary/aromatic N) is 3. The Kier molecular flexibility index (Phi) is 5.77. The van der Waals surface area contributed by atoms with E-state index in [1.807, 2.05) is 13.8 Å². The Balaban J connectivity index is 1.76. The molecule has 1 fully saturated rings. The zero-order chi connectivity index (χ0) is 21.4. The largest absolute Gasteiger partial charge is 0.392 e. The summed E-state index contributed by atoms with van der Waals surface area (Å²) >= 11 is 0.953. The van der Waals surface area contributed by atoms with E-state index in [0.717, 1.165) is 11.3 Å². The van der Waals surface area contributed by atoms with Crippen LogP contribution in [0.2, 0.25) is 0 Å². The van der Waals surface area contributed by atoms with Crippen molar-refractivity contribution in [2.24, 2.45) is 0 Å². The molecule has 2 unspecified atom stereocenters. The lowest BCUT2D eigenvalue weighted by Gasteiger charge is -2.38. The van der Waals surface area contributed by atoms with Crippen LogP contribution in [0.5, 0.6) is 0 Å². The summed E-state index contributed by atoms with van der Waals surface area (Å²) in [6.45, 7) is 4.00. The highest BCUT2D eigenvalue weighted by Gasteiger charge is 2.29. The standard InChI is InChI=1S/C21H20F3N3O2S/c1-11-8-27(9-12(2)29-11)19-13(10-28)7-15(17(23)18(19)24)21-26-25-20(30-21)14-5-3-4-6-16(14)22/h3-7,11-12,28H,8-10H2,1-2H3. The van der Waals surface area contributed by atoms with Gasteiger partial charge in [-0.3, -0.25) is 0 Å². The molecule has 2 aromatic carbocycles. The van der Waals surface area contributed by atoms with Gasteiger partial charge in [-0.15, -0.1) is 10.2 Å². The van der Waals surface area contributed by atoms with E-state index in [4.69, 9.17) is 4.74 Å². The SMILES string of the molecule is CC1CN(c2c(CO)cc(-c3nnc(-c4ccccc4F)s3)c(F)c2F)CC(C)O1. The minimum absolute atomic E-state index is 0.0274. The molecule has 0 bridgehead atoms. The third-order valence-electron chi connectivity index (χ3n) is 4.93. The van der Waals surface area contributed by atoms with E-state index in [1.54, 1.807) is 23.1 Å². The quantitative estimate of drug-likeness (QED) is 0.659. The maximum absolute atomic E-state index is 15.2. The predicted octanol–water partition coefficient (Wildman–Crippen LogP) is 4.40. The molecule has 0 amide bonds. The van der Waals surface area contributed by atoms with Gasteiger partial charge in [0.25, 0.3) is 0 Å². The molecule has 158 valence electrons. The molecule has 1 aromatic heterocycles. The molecule has 3 aromatic rings. The number of aliphatic hydroxyl groups excluding tert-OH is 1. The number of aliphatic hydroxyl groups is 1. The van der Waals surface area contributed by atoms with Gasteiger partial charge in [0.05, 0.1) is 30.1 Å². The number of benzene rings is 2. The molecule has 9 heteroatoms. The zero-order valence-electron chi connectivity index (χ0n) is 16.4. The van der Waals surface area contributed by atoms with Crippen LogP contribution in [0, 0.1) is 17.5 Å². The second-order valence-corrected chi connectivity index (χ2v) is 8.25. The predicted molar refractivity (Wildman–Crippen MR) is 109 cm³/mol. The summed E-state index contributed by atoms with van der Waals surface area (Å²) in [7, 11) is 0. The topological polar surface area (TPSA) is 58.5 Å². The second kappa shape index (κ2) is 8.33. The van der Waals surface area contributed by atoms with Gasteiger partial charge in [-0.1, -0.05) is 23.5 Å². The Bertz CT molecular complexity index is 1070. The summed E-state index contributed by atoms with van der Waals surface area (Å²) in [4.78, 5) is 1.69. The first-order valence-corrected chi connectivity index (χ1v) is 10.3. The molecule has 5 nitrogen and oxygen atoms in total. The summed E-state index contributed by atoms with van der Waals surface area (Å²) in [5.41, 5.74) is 0.389. The summed E-state index contributed by atoms with van der Waals surface area (Å²) in [5.74, 6) is -2.61. The second-order valence-electron chi connectivity index (χ2n) is 7.27. The molecule has 0 radical (unpaired) electrons. The van der Waals surface area contributed by atoms with Crippen LogP contribution in [-0.2, 0) is 11.3 Å². The highest BCUT2D eigenvalue weighted by Crippen LogP contribution is 2.38. The Morgan fingerprint density at radius 1 is 1.03 bits per heavy atom. The van der Waals surface area contributed by atoms with Crippen molar-refractivity contribution in [1.82, 2.24) is 10.2 Å². The van der Waals surface area contributed by atoms with Gasteiger partial charge in [-0.25, -0.2) is 13.2 Å². The number of hydrogen-bond donors (Lipinski definition) is 1. The lowest BCUT2D eigenvalue weighted by molar-refractivity contribution is -0.00553. The van der Waals surface area contributed by atoms with Crippen molar-refractivity contribution in [3.63, 3.8) is 0 Å². The van der Waals surface area contributed by atoms with E-state index in [9.17, 15) is 9.50 Å². The molecule has 1 N–H and O–H groups in total. The van der Waals surface area contributed by atoms with Crippen molar-refractivity contribution < 1.29 is 23.0 Å². The van der Waals surface area contributed by atoms with Gasteiger partial charge < -0.3 is 14.7 Å². The Morgan fingerprint density at radius 3 is 2.30 bits per heavy atom. The normalized spacial score (nSPS) is 19.3. The monoisotopic (exact) mass is 435 g/mol. The summed E-state index contributed by atoms with van der Waals surface area (Å²) in [5, 5.41) is 18.1. The van der Waals surface area contributed by atoms with E-state index in [-0.39, 0.29) is 44.6 Å². The number of halogens is 3. The van der Waals surface area contributed by atoms with Crippen LogP contribution in [-0.4, -0.2) is 40.6 Å². The Morgan fingerprint density at radius 2 is 1.67 bits per heavy atom. The van der Waals surface area contributed by atoms with E-state index in [1.165, 1.54) is 12.1 Å². The highest BCUT2D eigenvalue weighted by atomic mass is 32.1. The van der Waals surface area contributed by atoms with Crippen LogP contribution >= 0.6 is 11.3 Å². The molecule has 2 atom stereocenters. The summed E-state index contributed by atoms with van der Waals surface area (Å²) in [6.07, 6.45) is -0.317. The number of ether oxygens (including phenoxy) is 1. The third-order valence-corrected chi connectivity index (χ3v) is 5.92. The van der Waals surface area contributed by atoms with Crippen LogP contribution in [0.4, 0.5) is 18.9 Å². The molecular weight excluding hydrogens is 415 g/mol. The minimum atomic E-state index is -1.08. The van der Waals surface area contributed by atoms with Crippen LogP contribution in [0.15, 0.2) is 30.3 Å². The van der Waals surface area contributed by atoms with E-state index in [2.05, 4.69) is 10.2 Å². The molecule has 0 spiro atoms. The lowest BCUT2D eigenvalue weighted by atomic mass is 10.0. The van der Waals surface area contributed by atoms with Crippen LogP contribution in [0.25, 0.3) is 21.1 Å². The van der Waals surface area contributed by atoms with Crippen molar-refractivity contribution in [3.05, 3.63) is 53.3 Å². The molecular formula is C21H20F3N3O2S. The lowest BCUT2D eigenvalue weighted by Crippen LogP contribution is -2.46.